The van der Waals surface area contributed by atoms with E-state index in [2.05, 4.69) is 29.3 Å². The number of benzene rings is 1. The Morgan fingerprint density at radius 3 is 2.77 bits per heavy atom. The smallest absolute Gasteiger partial charge is 0.193 e. The molecule has 1 fully saturated rings. The monoisotopic (exact) mass is 413 g/mol. The second kappa shape index (κ2) is 8.41. The number of fused-ring (bicyclic) bond motifs is 1. The average molecular weight is 413 g/mol. The number of halogens is 1. The molecule has 0 radical (unpaired) electrons. The molecule has 4 nitrogen and oxygen atoms in total. The Morgan fingerprint density at radius 1 is 1.27 bits per heavy atom. The van der Waals surface area contributed by atoms with Crippen molar-refractivity contribution in [3.63, 3.8) is 0 Å². The zero-order chi connectivity index (χ0) is 14.5. The fraction of sp³-hybridized carbons (Fsp3) is 0.471. The van der Waals surface area contributed by atoms with Crippen molar-refractivity contribution in [2.45, 2.75) is 26.2 Å². The lowest BCUT2D eigenvalue weighted by atomic mass is 10.2. The van der Waals surface area contributed by atoms with Gasteiger partial charge in [-0.05, 0) is 31.9 Å². The normalized spacial score (nSPS) is 15.1. The number of hydrogen-bond acceptors (Lipinski definition) is 2. The van der Waals surface area contributed by atoms with Crippen LogP contribution in [-0.2, 0) is 6.42 Å². The SMILES string of the molecule is CCNC(=NCCc1cc2ccccc2o1)N1CCCC1.I. The maximum Gasteiger partial charge on any atom is 0.193 e. The molecule has 0 aliphatic carbocycles. The third kappa shape index (κ3) is 4.15. The molecule has 0 unspecified atom stereocenters. The predicted octanol–water partition coefficient (Wildman–Crippen LogP) is 3.65. The minimum absolute atomic E-state index is 0. The van der Waals surface area contributed by atoms with Crippen LogP contribution in [0.1, 0.15) is 25.5 Å². The second-order valence-electron chi connectivity index (χ2n) is 5.43. The fourth-order valence-corrected chi connectivity index (χ4v) is 2.79. The van der Waals surface area contributed by atoms with Crippen molar-refractivity contribution in [3.05, 3.63) is 36.1 Å². The topological polar surface area (TPSA) is 40.8 Å². The first-order valence-corrected chi connectivity index (χ1v) is 7.87. The van der Waals surface area contributed by atoms with Gasteiger partial charge in [0.2, 0.25) is 0 Å². The van der Waals surface area contributed by atoms with Crippen molar-refractivity contribution in [2.75, 3.05) is 26.2 Å². The molecule has 0 bridgehead atoms. The summed E-state index contributed by atoms with van der Waals surface area (Å²) in [5.41, 5.74) is 0.961. The van der Waals surface area contributed by atoms with Gasteiger partial charge in [0.25, 0.3) is 0 Å². The van der Waals surface area contributed by atoms with E-state index >= 15 is 0 Å². The van der Waals surface area contributed by atoms with Crippen LogP contribution in [0.3, 0.4) is 0 Å². The van der Waals surface area contributed by atoms with Gasteiger partial charge in [-0.1, -0.05) is 18.2 Å². The molecule has 1 saturated heterocycles. The molecule has 120 valence electrons. The van der Waals surface area contributed by atoms with E-state index in [1.165, 1.54) is 18.2 Å². The van der Waals surface area contributed by atoms with E-state index in [1.54, 1.807) is 0 Å². The van der Waals surface area contributed by atoms with Gasteiger partial charge in [-0.15, -0.1) is 24.0 Å². The van der Waals surface area contributed by atoms with Gasteiger partial charge in [-0.3, -0.25) is 4.99 Å². The molecular weight excluding hydrogens is 389 g/mol. The van der Waals surface area contributed by atoms with Crippen LogP contribution in [0.25, 0.3) is 11.0 Å². The Labute approximate surface area is 149 Å². The minimum atomic E-state index is 0. The lowest BCUT2D eigenvalue weighted by molar-refractivity contribution is 0.492. The molecule has 1 aliphatic heterocycles. The Morgan fingerprint density at radius 2 is 2.05 bits per heavy atom. The van der Waals surface area contributed by atoms with Crippen LogP contribution in [0.2, 0.25) is 0 Å². The quantitative estimate of drug-likeness (QED) is 0.473. The van der Waals surface area contributed by atoms with Crippen molar-refractivity contribution in [2.24, 2.45) is 4.99 Å². The van der Waals surface area contributed by atoms with Gasteiger partial charge in [0.15, 0.2) is 5.96 Å². The van der Waals surface area contributed by atoms with Crippen LogP contribution in [0.15, 0.2) is 39.7 Å². The van der Waals surface area contributed by atoms with Crippen molar-refractivity contribution < 1.29 is 4.42 Å². The highest BCUT2D eigenvalue weighted by Gasteiger charge is 2.15. The highest BCUT2D eigenvalue weighted by atomic mass is 127. The highest BCUT2D eigenvalue weighted by molar-refractivity contribution is 14.0. The molecule has 1 aliphatic rings. The maximum absolute atomic E-state index is 5.83. The van der Waals surface area contributed by atoms with Gasteiger partial charge in [-0.25, -0.2) is 0 Å². The van der Waals surface area contributed by atoms with Gasteiger partial charge in [0.1, 0.15) is 11.3 Å². The summed E-state index contributed by atoms with van der Waals surface area (Å²) in [5, 5.41) is 4.55. The van der Waals surface area contributed by atoms with E-state index in [0.29, 0.717) is 0 Å². The zero-order valence-electron chi connectivity index (χ0n) is 13.0. The number of para-hydroxylation sites is 1. The largest absolute Gasteiger partial charge is 0.461 e. The highest BCUT2D eigenvalue weighted by Crippen LogP contribution is 2.19. The molecule has 5 heteroatoms. The number of nitrogens with one attached hydrogen (secondary N) is 1. The Balaban J connectivity index is 0.00000176. The number of aliphatic imine (C=N–C) groups is 1. The Bertz CT molecular complexity index is 584. The molecule has 1 aromatic carbocycles. The Hall–Kier alpha value is -1.24. The number of likely N-dealkylation sites (tertiary alicyclic amines) is 1. The van der Waals surface area contributed by atoms with E-state index in [0.717, 1.165) is 49.9 Å². The lowest BCUT2D eigenvalue weighted by Gasteiger charge is -2.20. The summed E-state index contributed by atoms with van der Waals surface area (Å²) < 4.78 is 5.83. The standard InChI is InChI=1S/C17H23N3O.HI/c1-2-18-17(20-11-5-6-12-20)19-10-9-15-13-14-7-3-4-8-16(14)21-15;/h3-4,7-8,13H,2,5-6,9-12H2,1H3,(H,18,19);1H. The van der Waals surface area contributed by atoms with Gasteiger partial charge < -0.3 is 14.6 Å². The maximum atomic E-state index is 5.83. The molecule has 0 atom stereocenters. The summed E-state index contributed by atoms with van der Waals surface area (Å²) in [4.78, 5) is 7.08. The van der Waals surface area contributed by atoms with Crippen LogP contribution in [-0.4, -0.2) is 37.0 Å². The minimum Gasteiger partial charge on any atom is -0.461 e. The van der Waals surface area contributed by atoms with Crippen molar-refractivity contribution in [3.8, 4) is 0 Å². The van der Waals surface area contributed by atoms with Gasteiger partial charge in [0, 0.05) is 38.0 Å². The molecule has 0 saturated carbocycles. The third-order valence-electron chi connectivity index (χ3n) is 3.84. The van der Waals surface area contributed by atoms with Crippen LogP contribution in [0.5, 0.6) is 0 Å². The summed E-state index contributed by atoms with van der Waals surface area (Å²) in [6.07, 6.45) is 3.39. The van der Waals surface area contributed by atoms with E-state index in [1.807, 2.05) is 18.2 Å². The first kappa shape index (κ1) is 17.1. The predicted molar refractivity (Wildman–Crippen MR) is 102 cm³/mol. The van der Waals surface area contributed by atoms with Crippen molar-refractivity contribution in [1.82, 2.24) is 10.2 Å². The van der Waals surface area contributed by atoms with E-state index in [-0.39, 0.29) is 24.0 Å². The first-order chi connectivity index (χ1) is 10.4. The summed E-state index contributed by atoms with van der Waals surface area (Å²) >= 11 is 0. The second-order valence-corrected chi connectivity index (χ2v) is 5.43. The van der Waals surface area contributed by atoms with Crippen LogP contribution >= 0.6 is 24.0 Å². The summed E-state index contributed by atoms with van der Waals surface area (Å²) in [6.45, 7) is 6.04. The van der Waals surface area contributed by atoms with Gasteiger partial charge >= 0.3 is 0 Å². The number of furan rings is 1. The lowest BCUT2D eigenvalue weighted by Crippen LogP contribution is -2.39. The number of nitrogens with zero attached hydrogens (tertiary/aromatic N) is 2. The molecule has 1 aromatic heterocycles. The molecule has 0 amide bonds. The molecule has 2 aromatic rings. The van der Waals surface area contributed by atoms with Crippen molar-refractivity contribution in [1.29, 1.82) is 0 Å². The molecule has 0 spiro atoms. The zero-order valence-corrected chi connectivity index (χ0v) is 15.4. The summed E-state index contributed by atoms with van der Waals surface area (Å²) in [6, 6.07) is 10.3. The summed E-state index contributed by atoms with van der Waals surface area (Å²) in [7, 11) is 0. The average Bonchev–Trinajstić information content (AvgIpc) is 3.15. The number of guanidine groups is 1. The van der Waals surface area contributed by atoms with Crippen LogP contribution < -0.4 is 5.32 Å². The third-order valence-corrected chi connectivity index (χ3v) is 3.84. The molecule has 3 rings (SSSR count). The van der Waals surface area contributed by atoms with Crippen LogP contribution in [0, 0.1) is 0 Å². The Kier molecular flexibility index (Phi) is 6.54. The van der Waals surface area contributed by atoms with E-state index < -0.39 is 0 Å². The molecule has 1 N–H and O–H groups in total. The van der Waals surface area contributed by atoms with Crippen molar-refractivity contribution >= 4 is 40.9 Å². The molecule has 22 heavy (non-hydrogen) atoms. The number of hydrogen-bond donors (Lipinski definition) is 1. The van der Waals surface area contributed by atoms with E-state index in [4.69, 9.17) is 9.41 Å². The summed E-state index contributed by atoms with van der Waals surface area (Å²) in [5.74, 6) is 2.06. The van der Waals surface area contributed by atoms with Gasteiger partial charge in [0.05, 0.1) is 0 Å². The van der Waals surface area contributed by atoms with Crippen LogP contribution in [0.4, 0.5) is 0 Å². The van der Waals surface area contributed by atoms with Gasteiger partial charge in [-0.2, -0.15) is 0 Å². The molecule has 2 heterocycles. The fourth-order valence-electron chi connectivity index (χ4n) is 2.79. The van der Waals surface area contributed by atoms with E-state index in [9.17, 15) is 0 Å². The molecular formula is C17H24IN3O. The number of rotatable bonds is 4. The first-order valence-electron chi connectivity index (χ1n) is 7.87.